The standard InChI is InChI=1S/C17H15N3O4/c1-10(21)18-12-4-6-13(7-5-12)19-16(22)11-3-8-14-15(9-11)24-17(23)20(14)2/h3-9H,1-2H3,(H,18,21)(H,19,22). The van der Waals surface area contributed by atoms with Gasteiger partial charge in [-0.15, -0.1) is 0 Å². The van der Waals surface area contributed by atoms with Gasteiger partial charge in [-0.2, -0.15) is 0 Å². The van der Waals surface area contributed by atoms with Crippen molar-refractivity contribution in [1.82, 2.24) is 4.57 Å². The summed E-state index contributed by atoms with van der Waals surface area (Å²) in [5.41, 5.74) is 2.59. The summed E-state index contributed by atoms with van der Waals surface area (Å²) in [6, 6.07) is 11.6. The molecule has 0 aliphatic carbocycles. The van der Waals surface area contributed by atoms with E-state index in [-0.39, 0.29) is 11.8 Å². The maximum absolute atomic E-state index is 12.3. The largest absolute Gasteiger partial charge is 0.419 e. The number of carbonyl (C=O) groups is 2. The van der Waals surface area contributed by atoms with Crippen molar-refractivity contribution in [3.05, 3.63) is 58.6 Å². The number of benzene rings is 2. The molecule has 0 aliphatic heterocycles. The number of nitrogens with zero attached hydrogens (tertiary/aromatic N) is 1. The first-order chi connectivity index (χ1) is 11.4. The second-order valence-electron chi connectivity index (χ2n) is 5.32. The van der Waals surface area contributed by atoms with Crippen molar-refractivity contribution >= 4 is 34.3 Å². The molecule has 7 nitrogen and oxygen atoms in total. The van der Waals surface area contributed by atoms with E-state index in [0.717, 1.165) is 0 Å². The fourth-order valence-corrected chi connectivity index (χ4v) is 2.32. The molecule has 2 N–H and O–H groups in total. The predicted octanol–water partition coefficient (Wildman–Crippen LogP) is 2.34. The minimum Gasteiger partial charge on any atom is -0.408 e. The third-order valence-electron chi connectivity index (χ3n) is 3.52. The Hall–Kier alpha value is -3.35. The number of hydrogen-bond donors (Lipinski definition) is 2. The molecule has 1 heterocycles. The maximum atomic E-state index is 12.3. The second-order valence-corrected chi connectivity index (χ2v) is 5.32. The van der Waals surface area contributed by atoms with Gasteiger partial charge >= 0.3 is 5.76 Å². The molecule has 0 bridgehead atoms. The zero-order chi connectivity index (χ0) is 17.3. The quantitative estimate of drug-likeness (QED) is 0.773. The smallest absolute Gasteiger partial charge is 0.408 e. The first kappa shape index (κ1) is 15.5. The van der Waals surface area contributed by atoms with E-state index in [1.807, 2.05) is 0 Å². The van der Waals surface area contributed by atoms with E-state index in [9.17, 15) is 14.4 Å². The molecule has 0 saturated carbocycles. The molecule has 2 aromatic carbocycles. The molecule has 0 unspecified atom stereocenters. The highest BCUT2D eigenvalue weighted by Gasteiger charge is 2.11. The highest BCUT2D eigenvalue weighted by molar-refractivity contribution is 6.05. The minimum absolute atomic E-state index is 0.163. The summed E-state index contributed by atoms with van der Waals surface area (Å²) >= 11 is 0. The molecule has 0 saturated heterocycles. The van der Waals surface area contributed by atoms with Crippen molar-refractivity contribution in [2.75, 3.05) is 10.6 Å². The number of aryl methyl sites for hydroxylation is 1. The van der Waals surface area contributed by atoms with E-state index in [0.29, 0.717) is 28.0 Å². The van der Waals surface area contributed by atoms with E-state index < -0.39 is 5.76 Å². The van der Waals surface area contributed by atoms with E-state index in [4.69, 9.17) is 4.42 Å². The van der Waals surface area contributed by atoms with Gasteiger partial charge in [0.25, 0.3) is 5.91 Å². The van der Waals surface area contributed by atoms with Crippen LogP contribution in [0.15, 0.2) is 51.7 Å². The molecule has 0 atom stereocenters. The number of rotatable bonds is 3. The van der Waals surface area contributed by atoms with Crippen LogP contribution in [0.4, 0.5) is 11.4 Å². The molecule has 0 fully saturated rings. The van der Waals surface area contributed by atoms with Crippen molar-refractivity contribution in [2.24, 2.45) is 7.05 Å². The summed E-state index contributed by atoms with van der Waals surface area (Å²) in [5.74, 6) is -0.962. The third kappa shape index (κ3) is 3.05. The average Bonchev–Trinajstić information content (AvgIpc) is 2.83. The van der Waals surface area contributed by atoms with Crippen molar-refractivity contribution in [1.29, 1.82) is 0 Å². The van der Waals surface area contributed by atoms with Crippen LogP contribution in [-0.4, -0.2) is 16.4 Å². The molecule has 0 aliphatic rings. The van der Waals surface area contributed by atoms with Crippen LogP contribution in [0, 0.1) is 0 Å². The SMILES string of the molecule is CC(=O)Nc1ccc(NC(=O)c2ccc3c(c2)oc(=O)n3C)cc1. The van der Waals surface area contributed by atoms with Crippen molar-refractivity contribution in [3.63, 3.8) is 0 Å². The molecule has 2 amide bonds. The minimum atomic E-state index is -0.476. The fraction of sp³-hybridized carbons (Fsp3) is 0.118. The summed E-state index contributed by atoms with van der Waals surface area (Å²) < 4.78 is 6.45. The normalized spacial score (nSPS) is 10.6. The molecule has 3 aromatic rings. The summed E-state index contributed by atoms with van der Waals surface area (Å²) in [6.07, 6.45) is 0. The van der Waals surface area contributed by atoms with Crippen LogP contribution >= 0.6 is 0 Å². The van der Waals surface area contributed by atoms with Gasteiger partial charge in [0.2, 0.25) is 5.91 Å². The number of anilines is 2. The van der Waals surface area contributed by atoms with Gasteiger partial charge in [0.05, 0.1) is 5.52 Å². The van der Waals surface area contributed by atoms with Crippen molar-refractivity contribution < 1.29 is 14.0 Å². The monoisotopic (exact) mass is 325 g/mol. The van der Waals surface area contributed by atoms with Crippen LogP contribution in [0.3, 0.4) is 0 Å². The molecule has 0 radical (unpaired) electrons. The number of aromatic nitrogens is 1. The lowest BCUT2D eigenvalue weighted by Crippen LogP contribution is -2.12. The number of oxazole rings is 1. The molecule has 3 rings (SSSR count). The van der Waals surface area contributed by atoms with Gasteiger partial charge in [0.1, 0.15) is 0 Å². The molecular formula is C17H15N3O4. The van der Waals surface area contributed by atoms with Gasteiger partial charge < -0.3 is 15.1 Å². The van der Waals surface area contributed by atoms with Crippen molar-refractivity contribution in [2.45, 2.75) is 6.92 Å². The topological polar surface area (TPSA) is 93.3 Å². The lowest BCUT2D eigenvalue weighted by atomic mass is 10.2. The lowest BCUT2D eigenvalue weighted by Gasteiger charge is -2.07. The van der Waals surface area contributed by atoms with Gasteiger partial charge in [0, 0.05) is 30.9 Å². The Morgan fingerprint density at radius 3 is 2.25 bits per heavy atom. The molecule has 1 aromatic heterocycles. The van der Waals surface area contributed by atoms with Gasteiger partial charge in [-0.3, -0.25) is 14.2 Å². The van der Waals surface area contributed by atoms with Crippen LogP contribution in [0.1, 0.15) is 17.3 Å². The Morgan fingerprint density at radius 2 is 1.62 bits per heavy atom. The Labute approximate surface area is 136 Å². The fourth-order valence-electron chi connectivity index (χ4n) is 2.32. The van der Waals surface area contributed by atoms with E-state index in [1.54, 1.807) is 43.4 Å². The molecular weight excluding hydrogens is 310 g/mol. The summed E-state index contributed by atoms with van der Waals surface area (Å²) in [5, 5.41) is 5.40. The number of fused-ring (bicyclic) bond motifs is 1. The summed E-state index contributed by atoms with van der Waals surface area (Å²) in [4.78, 5) is 34.8. The Kier molecular flexibility index (Phi) is 3.91. The second kappa shape index (κ2) is 6.04. The third-order valence-corrected chi connectivity index (χ3v) is 3.52. The van der Waals surface area contributed by atoms with Gasteiger partial charge in [0.15, 0.2) is 5.58 Å². The molecule has 7 heteroatoms. The van der Waals surface area contributed by atoms with Gasteiger partial charge in [-0.25, -0.2) is 4.79 Å². The number of nitrogens with one attached hydrogen (secondary N) is 2. The van der Waals surface area contributed by atoms with Crippen LogP contribution in [0.25, 0.3) is 11.1 Å². The van der Waals surface area contributed by atoms with E-state index in [2.05, 4.69) is 10.6 Å². The van der Waals surface area contributed by atoms with Crippen LogP contribution in [-0.2, 0) is 11.8 Å². The summed E-state index contributed by atoms with van der Waals surface area (Å²) in [6.45, 7) is 1.42. The number of hydrogen-bond acceptors (Lipinski definition) is 4. The Balaban J connectivity index is 1.79. The van der Waals surface area contributed by atoms with Crippen LogP contribution in [0.2, 0.25) is 0 Å². The number of amides is 2. The van der Waals surface area contributed by atoms with Crippen LogP contribution < -0.4 is 16.4 Å². The Bertz CT molecular complexity index is 983. The van der Waals surface area contributed by atoms with Gasteiger partial charge in [-0.1, -0.05) is 0 Å². The molecule has 0 spiro atoms. The number of carbonyl (C=O) groups excluding carboxylic acids is 2. The molecule has 122 valence electrons. The first-order valence-electron chi connectivity index (χ1n) is 7.22. The highest BCUT2D eigenvalue weighted by atomic mass is 16.4. The van der Waals surface area contributed by atoms with E-state index in [1.165, 1.54) is 17.6 Å². The van der Waals surface area contributed by atoms with Crippen LogP contribution in [0.5, 0.6) is 0 Å². The zero-order valence-electron chi connectivity index (χ0n) is 13.1. The lowest BCUT2D eigenvalue weighted by molar-refractivity contribution is -0.114. The zero-order valence-corrected chi connectivity index (χ0v) is 13.1. The molecule has 24 heavy (non-hydrogen) atoms. The Morgan fingerprint density at radius 1 is 1.00 bits per heavy atom. The maximum Gasteiger partial charge on any atom is 0.419 e. The van der Waals surface area contributed by atoms with Gasteiger partial charge in [-0.05, 0) is 42.5 Å². The van der Waals surface area contributed by atoms with E-state index >= 15 is 0 Å². The summed E-state index contributed by atoms with van der Waals surface area (Å²) in [7, 11) is 1.60. The highest BCUT2D eigenvalue weighted by Crippen LogP contribution is 2.17. The average molecular weight is 325 g/mol. The first-order valence-corrected chi connectivity index (χ1v) is 7.22. The van der Waals surface area contributed by atoms with Crippen molar-refractivity contribution in [3.8, 4) is 0 Å². The predicted molar refractivity (Wildman–Crippen MR) is 90.2 cm³/mol.